The molecule has 2 aromatic heterocycles. The predicted octanol–water partition coefficient (Wildman–Crippen LogP) is 13.5. The van der Waals surface area contributed by atoms with Gasteiger partial charge in [-0.1, -0.05) is 92.4 Å². The van der Waals surface area contributed by atoms with Gasteiger partial charge >= 0.3 is 63.6 Å². The zero-order chi connectivity index (χ0) is 63.0. The van der Waals surface area contributed by atoms with Crippen LogP contribution in [0.25, 0.3) is 31.6 Å². The second-order valence-corrected chi connectivity index (χ2v) is 29.3. The molecule has 0 aliphatic carbocycles. The number of benzene rings is 6. The van der Waals surface area contributed by atoms with Crippen LogP contribution in [0.3, 0.4) is 0 Å². The van der Waals surface area contributed by atoms with Gasteiger partial charge < -0.3 is 10.9 Å². The minimum Gasteiger partial charge on any atom is -1.00 e. The van der Waals surface area contributed by atoms with Crippen LogP contribution in [0.1, 0.15) is 128 Å². The summed E-state index contributed by atoms with van der Waals surface area (Å²) in [6.07, 6.45) is 3.87. The quantitative estimate of drug-likeness (QED) is 0.0438. The maximum Gasteiger partial charge on any atom is 1.00 e. The van der Waals surface area contributed by atoms with Crippen LogP contribution >= 0.6 is 38.6 Å². The van der Waals surface area contributed by atoms with Gasteiger partial charge in [0.2, 0.25) is 20.0 Å². The van der Waals surface area contributed by atoms with Crippen molar-refractivity contribution in [2.24, 2.45) is 0 Å². The number of thiazole rings is 2. The molecular formula is C66H78BrKN6O10S4. The zero-order valence-electron chi connectivity index (χ0n) is 52.0. The minimum atomic E-state index is -3.98. The number of sulfonamides is 2. The molecule has 8 rings (SSSR count). The van der Waals surface area contributed by atoms with Crippen molar-refractivity contribution in [2.75, 3.05) is 10.6 Å². The van der Waals surface area contributed by atoms with Gasteiger partial charge in [-0.3, -0.25) is 20.2 Å². The number of hydrogen-bond donors (Lipinski definition) is 4. The summed E-state index contributed by atoms with van der Waals surface area (Å²) in [7, 11) is -7.65. The molecule has 4 N–H and O–H groups in total. The second kappa shape index (κ2) is 34.0. The Balaban J connectivity index is 0.000000375. The van der Waals surface area contributed by atoms with E-state index in [9.17, 15) is 36.0 Å². The molecule has 0 saturated carbocycles. The number of carbonyl (C=O) groups is 4. The number of anilines is 2. The van der Waals surface area contributed by atoms with Crippen LogP contribution in [-0.2, 0) is 42.4 Å². The number of halogens is 1. The van der Waals surface area contributed by atoms with Gasteiger partial charge in [0.25, 0.3) is 0 Å². The fourth-order valence-corrected chi connectivity index (χ4v) is 13.8. The van der Waals surface area contributed by atoms with E-state index in [1.807, 2.05) is 111 Å². The Labute approximate surface area is 579 Å². The topological polar surface area (TPSA) is 229 Å². The van der Waals surface area contributed by atoms with E-state index < -0.39 is 43.3 Å². The number of amides is 2. The molecule has 0 unspecified atom stereocenters. The van der Waals surface area contributed by atoms with Crippen molar-refractivity contribution >= 4 is 93.8 Å². The van der Waals surface area contributed by atoms with Crippen molar-refractivity contribution in [3.05, 3.63) is 190 Å². The van der Waals surface area contributed by atoms with E-state index in [1.54, 1.807) is 122 Å². The van der Waals surface area contributed by atoms with Crippen LogP contribution in [0.2, 0.25) is 0 Å². The van der Waals surface area contributed by atoms with E-state index in [1.165, 1.54) is 23.5 Å². The summed E-state index contributed by atoms with van der Waals surface area (Å²) in [6.45, 7) is 19.6. The molecule has 0 saturated heterocycles. The average molecular weight is 1360 g/mol. The largest absolute Gasteiger partial charge is 1.00 e. The van der Waals surface area contributed by atoms with Gasteiger partial charge in [0, 0.05) is 69.3 Å². The average Bonchev–Trinajstić information content (AvgIpc) is 1.91. The maximum absolute atomic E-state index is 13.6. The summed E-state index contributed by atoms with van der Waals surface area (Å²) in [6, 6.07) is 43.8. The van der Waals surface area contributed by atoms with Crippen molar-refractivity contribution in [1.29, 1.82) is 0 Å². The van der Waals surface area contributed by atoms with Crippen LogP contribution in [0, 0.1) is 6.92 Å². The van der Waals surface area contributed by atoms with Crippen LogP contribution in [-0.4, -0.2) is 73.8 Å². The number of Topliss-reactive ketones (excluding diaryl/α,β-unsaturated/α-hetero) is 2. The number of nitrogens with one attached hydrogen (secondary N) is 4. The third-order valence-electron chi connectivity index (χ3n) is 11.9. The molecular weight excluding hydrogens is 1280 g/mol. The number of aromatic nitrogens is 2. The summed E-state index contributed by atoms with van der Waals surface area (Å²) in [5, 5.41) is 6.96. The molecule has 2 amide bonds. The van der Waals surface area contributed by atoms with E-state index >= 15 is 0 Å². The Bertz CT molecular complexity index is 3840. The summed E-state index contributed by atoms with van der Waals surface area (Å²) >= 11 is 6.28. The van der Waals surface area contributed by atoms with Gasteiger partial charge in [0.1, 0.15) is 10.0 Å². The molecule has 6 aromatic carbocycles. The SMILES string of the molecule is C.CC(C)OC(=O)Nc1ccc(-c2ncc(-c3ccc(C(=O)CCc4ccccc4)cc3S(=O)(=O)NC(C)(C)C)s2)cc1.CC(C)OC(=O)Nc1ccc(-c2ncc(Br)s2)cc1.Cc1ccc(C(=O)CCc2ccccc2)cc1S(=O)(=O)NC(C)(C)C.[H-].[K+]. The number of aryl methyl sites for hydroxylation is 3. The van der Waals surface area contributed by atoms with Gasteiger partial charge in [0.05, 0.1) is 36.9 Å². The smallest absolute Gasteiger partial charge is 1.00 e. The van der Waals surface area contributed by atoms with Crippen LogP contribution < -0.4 is 71.5 Å². The molecule has 8 aromatic rings. The Morgan fingerprint density at radius 3 is 1.36 bits per heavy atom. The molecule has 464 valence electrons. The summed E-state index contributed by atoms with van der Waals surface area (Å²) < 4.78 is 68.8. The molecule has 22 heteroatoms. The van der Waals surface area contributed by atoms with Gasteiger partial charge in [-0.25, -0.2) is 45.8 Å². The number of ether oxygens (including phenoxy) is 2. The summed E-state index contributed by atoms with van der Waals surface area (Å²) in [4.78, 5) is 58.5. The van der Waals surface area contributed by atoms with Gasteiger partial charge in [-0.2, -0.15) is 0 Å². The molecule has 0 fully saturated rings. The van der Waals surface area contributed by atoms with Gasteiger partial charge in [-0.15, -0.1) is 22.7 Å². The van der Waals surface area contributed by atoms with E-state index in [2.05, 4.69) is 46.0 Å². The second-order valence-electron chi connectivity index (χ2n) is 22.5. The summed E-state index contributed by atoms with van der Waals surface area (Å²) in [5.41, 5.74) is 5.77. The van der Waals surface area contributed by atoms with E-state index in [0.717, 1.165) is 31.0 Å². The first-order valence-corrected chi connectivity index (χ1v) is 33.0. The van der Waals surface area contributed by atoms with Crippen molar-refractivity contribution in [1.82, 2.24) is 19.4 Å². The third-order valence-corrected chi connectivity index (χ3v) is 18.2. The summed E-state index contributed by atoms with van der Waals surface area (Å²) in [5.74, 6) is -0.190. The number of nitrogens with zero attached hydrogens (tertiary/aromatic N) is 2. The van der Waals surface area contributed by atoms with Crippen LogP contribution in [0.15, 0.2) is 172 Å². The number of ketones is 2. The van der Waals surface area contributed by atoms with Gasteiger partial charge in [-0.05, 0) is 182 Å². The molecule has 0 aliphatic heterocycles. The van der Waals surface area contributed by atoms with Crippen LogP contribution in [0.4, 0.5) is 21.0 Å². The Morgan fingerprint density at radius 1 is 0.557 bits per heavy atom. The molecule has 0 atom stereocenters. The monoisotopic (exact) mass is 1360 g/mol. The fraction of sp³-hybridized carbons (Fsp3) is 0.303. The number of carbonyl (C=O) groups excluding carboxylic acids is 4. The zero-order valence-corrected chi connectivity index (χ0v) is 59.0. The molecule has 0 radical (unpaired) electrons. The Kier molecular flexibility index (Phi) is 28.9. The van der Waals surface area contributed by atoms with E-state index in [-0.39, 0.29) is 100 Å². The molecule has 88 heavy (non-hydrogen) atoms. The number of hydrogen-bond acceptors (Lipinski definition) is 14. The normalized spacial score (nSPS) is 11.4. The Hall–Kier alpha value is -5.60. The number of rotatable bonds is 19. The first kappa shape index (κ1) is 74.9. The first-order chi connectivity index (χ1) is 40.4. The molecule has 0 aliphatic rings. The molecule has 2 heterocycles. The van der Waals surface area contributed by atoms with E-state index in [4.69, 9.17) is 9.47 Å². The van der Waals surface area contributed by atoms with Crippen molar-refractivity contribution in [3.63, 3.8) is 0 Å². The minimum absolute atomic E-state index is 0. The Morgan fingerprint density at radius 2 is 0.955 bits per heavy atom. The van der Waals surface area contributed by atoms with Crippen molar-refractivity contribution in [3.8, 4) is 31.6 Å². The predicted molar refractivity (Wildman–Crippen MR) is 356 cm³/mol. The van der Waals surface area contributed by atoms with E-state index in [0.29, 0.717) is 62.8 Å². The molecule has 0 bridgehead atoms. The fourth-order valence-electron chi connectivity index (χ4n) is 8.23. The van der Waals surface area contributed by atoms with Gasteiger partial charge in [0.15, 0.2) is 11.6 Å². The third kappa shape index (κ3) is 24.3. The van der Waals surface area contributed by atoms with Crippen molar-refractivity contribution in [2.45, 2.75) is 142 Å². The standard InChI is InChI=1S/C32H35N3O5S2.C20H25NO3S.C13H13BrN2O2S.CH4.K.H/c1-21(2)40-31(37)34-25-15-12-23(13-16-25)30-33-20-28(41-30)26-17-14-24(19-29(26)42(38,39)35-32(3,4)5)27(36)18-11-22-9-7-6-8-10-22;1-15-10-12-17(14-19(15)25(23,24)21-20(2,3)4)18(22)13-11-16-8-6-5-7-9-16;1-8(2)18-13(17)16-10-5-3-9(4-6-10)12-15-7-11(14)19-12;;;/h6-10,12-17,19-21,35H,11,18H2,1-5H3,(H,34,37);5-10,12,14,21H,11,13H2,1-4H3;3-8H,1-2H3,(H,16,17);1H4;;/q;;;;+1;-1. The molecule has 0 spiro atoms. The first-order valence-electron chi connectivity index (χ1n) is 27.6. The molecule has 16 nitrogen and oxygen atoms in total. The van der Waals surface area contributed by atoms with Crippen molar-refractivity contribution < 1.29 is 98.3 Å². The van der Waals surface area contributed by atoms with Crippen LogP contribution in [0.5, 0.6) is 0 Å². The maximum atomic E-state index is 13.6.